The van der Waals surface area contributed by atoms with Crippen molar-refractivity contribution in [2.45, 2.75) is 6.92 Å². The fourth-order valence-electron chi connectivity index (χ4n) is 2.83. The summed E-state index contributed by atoms with van der Waals surface area (Å²) in [7, 11) is 0. The Morgan fingerprint density at radius 2 is 1.78 bits per heavy atom. The van der Waals surface area contributed by atoms with Crippen LogP contribution < -0.4 is 16.4 Å². The van der Waals surface area contributed by atoms with Crippen LogP contribution in [0.15, 0.2) is 60.0 Å². The van der Waals surface area contributed by atoms with Crippen molar-refractivity contribution >= 4 is 50.5 Å². The first kappa shape index (κ1) is 17.0. The second kappa shape index (κ2) is 7.05. The molecule has 4 N–H and O–H groups in total. The summed E-state index contributed by atoms with van der Waals surface area (Å²) in [6.07, 6.45) is 0. The SMILES string of the molecule is CC(=O)Nc1ccc(Nc2cc(-c3csc4ccccc34)nc(N)n2)cc1. The molecule has 134 valence electrons. The first-order valence-corrected chi connectivity index (χ1v) is 9.22. The van der Waals surface area contributed by atoms with E-state index in [0.717, 1.165) is 28.0 Å². The van der Waals surface area contributed by atoms with Gasteiger partial charge in [0, 0.05) is 45.4 Å². The largest absolute Gasteiger partial charge is 0.368 e. The molecule has 0 bridgehead atoms. The van der Waals surface area contributed by atoms with Crippen molar-refractivity contribution < 1.29 is 4.79 Å². The predicted octanol–water partition coefficient (Wildman–Crippen LogP) is 4.64. The maximum Gasteiger partial charge on any atom is 0.222 e. The molecule has 0 unspecified atom stereocenters. The molecule has 2 aromatic carbocycles. The topological polar surface area (TPSA) is 92.9 Å². The van der Waals surface area contributed by atoms with Crippen LogP contribution >= 0.6 is 11.3 Å². The number of benzene rings is 2. The molecule has 0 spiro atoms. The molecule has 0 aliphatic carbocycles. The Kier molecular flexibility index (Phi) is 4.43. The second-order valence-corrected chi connectivity index (χ2v) is 6.94. The summed E-state index contributed by atoms with van der Waals surface area (Å²) in [5.41, 5.74) is 9.32. The minimum absolute atomic E-state index is 0.105. The lowest BCUT2D eigenvalue weighted by Crippen LogP contribution is -2.05. The van der Waals surface area contributed by atoms with Crippen LogP contribution in [0.1, 0.15) is 6.92 Å². The number of anilines is 4. The van der Waals surface area contributed by atoms with Crippen LogP contribution in [-0.2, 0) is 4.79 Å². The lowest BCUT2D eigenvalue weighted by atomic mass is 10.1. The van der Waals surface area contributed by atoms with Crippen molar-refractivity contribution in [3.63, 3.8) is 0 Å². The van der Waals surface area contributed by atoms with Gasteiger partial charge >= 0.3 is 0 Å². The van der Waals surface area contributed by atoms with Gasteiger partial charge in [-0.05, 0) is 30.3 Å². The average molecular weight is 375 g/mol. The van der Waals surface area contributed by atoms with Crippen LogP contribution in [0.4, 0.5) is 23.1 Å². The lowest BCUT2D eigenvalue weighted by Gasteiger charge is -2.09. The molecule has 27 heavy (non-hydrogen) atoms. The Labute approximate surface area is 160 Å². The summed E-state index contributed by atoms with van der Waals surface area (Å²) in [4.78, 5) is 19.8. The molecule has 2 heterocycles. The molecular weight excluding hydrogens is 358 g/mol. The van der Waals surface area contributed by atoms with Crippen LogP contribution in [0.2, 0.25) is 0 Å². The van der Waals surface area contributed by atoms with Gasteiger partial charge in [-0.25, -0.2) is 4.98 Å². The van der Waals surface area contributed by atoms with E-state index < -0.39 is 0 Å². The molecule has 0 aliphatic rings. The number of thiophene rings is 1. The molecule has 0 saturated heterocycles. The van der Waals surface area contributed by atoms with E-state index in [2.05, 4.69) is 38.1 Å². The standard InChI is InChI=1S/C20H17N5OS/c1-12(26)22-13-6-8-14(9-7-13)23-19-10-17(24-20(21)25-19)16-11-27-18-5-3-2-4-15(16)18/h2-11H,1H3,(H,22,26)(H3,21,23,24,25). The molecule has 7 heteroatoms. The fraction of sp³-hybridized carbons (Fsp3) is 0.0500. The summed E-state index contributed by atoms with van der Waals surface area (Å²) in [6, 6.07) is 17.5. The minimum atomic E-state index is -0.105. The van der Waals surface area contributed by atoms with Crippen molar-refractivity contribution in [3.8, 4) is 11.3 Å². The molecule has 0 aliphatic heterocycles. The monoisotopic (exact) mass is 375 g/mol. The minimum Gasteiger partial charge on any atom is -0.368 e. The summed E-state index contributed by atoms with van der Waals surface area (Å²) in [5.74, 6) is 0.715. The van der Waals surface area contributed by atoms with Gasteiger partial charge in [0.2, 0.25) is 11.9 Å². The van der Waals surface area contributed by atoms with Gasteiger partial charge in [0.05, 0.1) is 5.69 Å². The summed E-state index contributed by atoms with van der Waals surface area (Å²) < 4.78 is 1.20. The van der Waals surface area contributed by atoms with Gasteiger partial charge in [-0.1, -0.05) is 18.2 Å². The molecule has 6 nitrogen and oxygen atoms in total. The predicted molar refractivity (Wildman–Crippen MR) is 111 cm³/mol. The van der Waals surface area contributed by atoms with Gasteiger partial charge in [-0.2, -0.15) is 4.98 Å². The number of nitrogens with one attached hydrogen (secondary N) is 2. The number of amides is 1. The Morgan fingerprint density at radius 3 is 2.56 bits per heavy atom. The van der Waals surface area contributed by atoms with Crippen molar-refractivity contribution in [3.05, 3.63) is 60.0 Å². The zero-order chi connectivity index (χ0) is 18.8. The Hall–Kier alpha value is -3.45. The molecule has 1 amide bonds. The Balaban J connectivity index is 1.64. The summed E-state index contributed by atoms with van der Waals surface area (Å²) >= 11 is 1.67. The number of nitrogens with two attached hydrogens (primary N) is 1. The number of aromatic nitrogens is 2. The van der Waals surface area contributed by atoms with E-state index in [1.165, 1.54) is 11.6 Å². The first-order chi connectivity index (χ1) is 13.1. The molecule has 4 aromatic rings. The molecule has 0 fully saturated rings. The molecule has 4 rings (SSSR count). The molecule has 0 radical (unpaired) electrons. The highest BCUT2D eigenvalue weighted by molar-refractivity contribution is 7.17. The first-order valence-electron chi connectivity index (χ1n) is 8.34. The fourth-order valence-corrected chi connectivity index (χ4v) is 3.79. The number of nitrogen functional groups attached to an aromatic ring is 1. The zero-order valence-corrected chi connectivity index (χ0v) is 15.4. The Bertz CT molecular complexity index is 1120. The van der Waals surface area contributed by atoms with Gasteiger partial charge in [-0.15, -0.1) is 11.3 Å². The second-order valence-electron chi connectivity index (χ2n) is 6.03. The summed E-state index contributed by atoms with van der Waals surface area (Å²) in [6.45, 7) is 1.48. The van der Waals surface area contributed by atoms with Gasteiger partial charge in [-0.3, -0.25) is 4.79 Å². The van der Waals surface area contributed by atoms with E-state index in [4.69, 9.17) is 5.73 Å². The van der Waals surface area contributed by atoms with Crippen LogP contribution in [0.5, 0.6) is 0 Å². The number of fused-ring (bicyclic) bond motifs is 1. The van der Waals surface area contributed by atoms with E-state index >= 15 is 0 Å². The average Bonchev–Trinajstić information content (AvgIpc) is 3.07. The van der Waals surface area contributed by atoms with E-state index in [1.54, 1.807) is 11.3 Å². The third-order valence-electron chi connectivity index (χ3n) is 3.98. The zero-order valence-electron chi connectivity index (χ0n) is 14.6. The van der Waals surface area contributed by atoms with Crippen molar-refractivity contribution in [1.29, 1.82) is 0 Å². The van der Waals surface area contributed by atoms with Crippen molar-refractivity contribution in [2.24, 2.45) is 0 Å². The third-order valence-corrected chi connectivity index (χ3v) is 4.94. The maximum absolute atomic E-state index is 11.1. The van der Waals surface area contributed by atoms with Gasteiger partial charge < -0.3 is 16.4 Å². The summed E-state index contributed by atoms with van der Waals surface area (Å²) in [5, 5.41) is 9.20. The lowest BCUT2D eigenvalue weighted by molar-refractivity contribution is -0.114. The van der Waals surface area contributed by atoms with Gasteiger partial charge in [0.25, 0.3) is 0 Å². The van der Waals surface area contributed by atoms with Crippen molar-refractivity contribution in [1.82, 2.24) is 9.97 Å². The maximum atomic E-state index is 11.1. The molecule has 2 aromatic heterocycles. The van der Waals surface area contributed by atoms with Gasteiger partial charge in [0.1, 0.15) is 5.82 Å². The Morgan fingerprint density at radius 1 is 1.04 bits per heavy atom. The van der Waals surface area contributed by atoms with Crippen LogP contribution in [0.25, 0.3) is 21.3 Å². The quantitative estimate of drug-likeness (QED) is 0.483. The normalized spacial score (nSPS) is 10.7. The number of hydrogen-bond acceptors (Lipinski definition) is 6. The number of carbonyl (C=O) groups excluding carboxylic acids is 1. The number of nitrogens with zero attached hydrogens (tertiary/aromatic N) is 2. The molecular formula is C20H17N5OS. The highest BCUT2D eigenvalue weighted by atomic mass is 32.1. The van der Waals surface area contributed by atoms with E-state index in [0.29, 0.717) is 5.82 Å². The highest BCUT2D eigenvalue weighted by Gasteiger charge is 2.10. The van der Waals surface area contributed by atoms with Crippen LogP contribution in [0.3, 0.4) is 0 Å². The molecule has 0 saturated carbocycles. The van der Waals surface area contributed by atoms with Gasteiger partial charge in [0.15, 0.2) is 0 Å². The van der Waals surface area contributed by atoms with Crippen molar-refractivity contribution in [2.75, 3.05) is 16.4 Å². The van der Waals surface area contributed by atoms with E-state index in [9.17, 15) is 4.79 Å². The van der Waals surface area contributed by atoms with E-state index in [1.807, 2.05) is 42.5 Å². The smallest absolute Gasteiger partial charge is 0.222 e. The number of rotatable bonds is 4. The molecule has 0 atom stereocenters. The van der Waals surface area contributed by atoms with Crippen LogP contribution in [-0.4, -0.2) is 15.9 Å². The van der Waals surface area contributed by atoms with E-state index in [-0.39, 0.29) is 11.9 Å². The number of hydrogen-bond donors (Lipinski definition) is 3. The number of carbonyl (C=O) groups is 1. The van der Waals surface area contributed by atoms with Crippen LogP contribution in [0, 0.1) is 0 Å². The highest BCUT2D eigenvalue weighted by Crippen LogP contribution is 2.34. The third kappa shape index (κ3) is 3.73.